The van der Waals surface area contributed by atoms with Gasteiger partial charge in [0.1, 0.15) is 0 Å². The fourth-order valence-electron chi connectivity index (χ4n) is 2.64. The van der Waals surface area contributed by atoms with Crippen LogP contribution in [0.25, 0.3) is 6.08 Å². The Bertz CT molecular complexity index is 721. The first-order valence-electron chi connectivity index (χ1n) is 8.26. The van der Waals surface area contributed by atoms with Crippen LogP contribution < -0.4 is 5.32 Å². The van der Waals surface area contributed by atoms with Crippen LogP contribution in [-0.4, -0.2) is 5.91 Å². The van der Waals surface area contributed by atoms with Crippen LogP contribution in [0.2, 0.25) is 5.02 Å². The van der Waals surface area contributed by atoms with E-state index in [1.54, 1.807) is 6.08 Å². The number of carbonyl (C=O) groups excluding carboxylic acids is 1. The predicted molar refractivity (Wildman–Crippen MR) is 104 cm³/mol. The summed E-state index contributed by atoms with van der Waals surface area (Å²) >= 11 is 6.12. The molecule has 24 heavy (non-hydrogen) atoms. The van der Waals surface area contributed by atoms with Gasteiger partial charge in [0, 0.05) is 16.8 Å². The molecule has 0 aliphatic rings. The van der Waals surface area contributed by atoms with Crippen LogP contribution in [0.3, 0.4) is 0 Å². The van der Waals surface area contributed by atoms with Crippen molar-refractivity contribution in [2.75, 3.05) is 5.32 Å². The number of nitrogens with one attached hydrogen (secondary N) is 1. The van der Waals surface area contributed by atoms with Crippen LogP contribution in [0.15, 0.2) is 48.5 Å². The van der Waals surface area contributed by atoms with Crippen molar-refractivity contribution in [2.45, 2.75) is 39.5 Å². The molecular formula is C21H24ClNO. The molecule has 0 aliphatic heterocycles. The van der Waals surface area contributed by atoms with Gasteiger partial charge in [-0.15, -0.1) is 0 Å². The van der Waals surface area contributed by atoms with Gasteiger partial charge in [-0.1, -0.05) is 75.7 Å². The zero-order valence-corrected chi connectivity index (χ0v) is 15.4. The Morgan fingerprint density at radius 1 is 0.958 bits per heavy atom. The van der Waals surface area contributed by atoms with Crippen molar-refractivity contribution in [3.63, 3.8) is 0 Å². The Labute approximate surface area is 149 Å². The number of amides is 1. The molecule has 126 valence electrons. The highest BCUT2D eigenvalue weighted by molar-refractivity contribution is 6.32. The fraction of sp³-hybridized carbons (Fsp3) is 0.286. The zero-order valence-electron chi connectivity index (χ0n) is 14.6. The first kappa shape index (κ1) is 18.3. The van der Waals surface area contributed by atoms with Gasteiger partial charge >= 0.3 is 0 Å². The van der Waals surface area contributed by atoms with Gasteiger partial charge in [0.05, 0.1) is 0 Å². The lowest BCUT2D eigenvalue weighted by Gasteiger charge is -2.19. The number of benzene rings is 2. The minimum absolute atomic E-state index is 0.148. The average Bonchev–Trinajstić information content (AvgIpc) is 2.53. The van der Waals surface area contributed by atoms with Crippen LogP contribution >= 0.6 is 11.6 Å². The maximum atomic E-state index is 12.4. The number of carbonyl (C=O) groups is 1. The molecule has 2 nitrogen and oxygen atoms in total. The van der Waals surface area contributed by atoms with Gasteiger partial charge in [-0.2, -0.15) is 0 Å². The largest absolute Gasteiger partial charge is 0.322 e. The summed E-state index contributed by atoms with van der Waals surface area (Å²) in [5.41, 5.74) is 4.06. The van der Waals surface area contributed by atoms with Gasteiger partial charge in [0.25, 0.3) is 0 Å². The first-order valence-corrected chi connectivity index (χ1v) is 8.64. The summed E-state index contributed by atoms with van der Waals surface area (Å²) in [5, 5.41) is 3.69. The molecule has 0 saturated heterocycles. The third kappa shape index (κ3) is 4.48. The number of hydrogen-bond donors (Lipinski definition) is 1. The number of anilines is 1. The molecule has 0 heterocycles. The van der Waals surface area contributed by atoms with Gasteiger partial charge < -0.3 is 5.32 Å². The van der Waals surface area contributed by atoms with Crippen molar-refractivity contribution in [3.8, 4) is 0 Å². The third-order valence-electron chi connectivity index (χ3n) is 3.94. The van der Waals surface area contributed by atoms with Gasteiger partial charge in [0.15, 0.2) is 0 Å². The van der Waals surface area contributed by atoms with Crippen LogP contribution in [-0.2, 0) is 4.79 Å². The van der Waals surface area contributed by atoms with E-state index in [0.717, 1.165) is 22.4 Å². The summed E-state index contributed by atoms with van der Waals surface area (Å²) in [5.74, 6) is 0.531. The second kappa shape index (κ2) is 8.16. The maximum Gasteiger partial charge on any atom is 0.248 e. The van der Waals surface area contributed by atoms with Gasteiger partial charge in [-0.05, 0) is 40.7 Å². The number of hydrogen-bond acceptors (Lipinski definition) is 1. The standard InChI is InChI=1S/C21H24ClNO/c1-14(2)17-9-7-10-18(15(3)4)21(17)23-20(24)13-12-16-8-5-6-11-19(16)22/h5-15H,1-4H3,(H,23,24)/b13-12+. The summed E-state index contributed by atoms with van der Waals surface area (Å²) in [6.45, 7) is 8.53. The van der Waals surface area contributed by atoms with Crippen molar-refractivity contribution < 1.29 is 4.79 Å². The van der Waals surface area contributed by atoms with Crippen molar-refractivity contribution in [1.82, 2.24) is 0 Å². The van der Waals surface area contributed by atoms with Gasteiger partial charge in [-0.3, -0.25) is 4.79 Å². The molecule has 0 fully saturated rings. The number of rotatable bonds is 5. The van der Waals surface area contributed by atoms with E-state index in [2.05, 4.69) is 51.2 Å². The highest BCUT2D eigenvalue weighted by Gasteiger charge is 2.14. The summed E-state index contributed by atoms with van der Waals surface area (Å²) in [7, 11) is 0. The minimum atomic E-state index is -0.148. The molecule has 2 rings (SSSR count). The molecule has 0 unspecified atom stereocenters. The molecule has 1 amide bonds. The Kier molecular flexibility index (Phi) is 6.22. The van der Waals surface area contributed by atoms with E-state index in [1.165, 1.54) is 6.08 Å². The van der Waals surface area contributed by atoms with E-state index in [0.29, 0.717) is 16.9 Å². The Morgan fingerprint density at radius 2 is 1.54 bits per heavy atom. The molecule has 1 N–H and O–H groups in total. The molecular weight excluding hydrogens is 318 g/mol. The Hall–Kier alpha value is -2.06. The highest BCUT2D eigenvalue weighted by atomic mass is 35.5. The van der Waals surface area contributed by atoms with Crippen LogP contribution in [0.4, 0.5) is 5.69 Å². The minimum Gasteiger partial charge on any atom is -0.322 e. The van der Waals surface area contributed by atoms with Crippen molar-refractivity contribution >= 4 is 29.3 Å². The van der Waals surface area contributed by atoms with E-state index in [-0.39, 0.29) is 5.91 Å². The molecule has 0 spiro atoms. The molecule has 0 saturated carbocycles. The maximum absolute atomic E-state index is 12.4. The van der Waals surface area contributed by atoms with Crippen LogP contribution in [0.5, 0.6) is 0 Å². The quantitative estimate of drug-likeness (QED) is 0.641. The van der Waals surface area contributed by atoms with E-state index >= 15 is 0 Å². The molecule has 0 aromatic heterocycles. The van der Waals surface area contributed by atoms with Crippen LogP contribution in [0.1, 0.15) is 56.2 Å². The summed E-state index contributed by atoms with van der Waals surface area (Å²) < 4.78 is 0. The van der Waals surface area contributed by atoms with Crippen molar-refractivity contribution in [3.05, 3.63) is 70.3 Å². The van der Waals surface area contributed by atoms with Crippen molar-refractivity contribution in [1.29, 1.82) is 0 Å². The monoisotopic (exact) mass is 341 g/mol. The van der Waals surface area contributed by atoms with Crippen molar-refractivity contribution in [2.24, 2.45) is 0 Å². The third-order valence-corrected chi connectivity index (χ3v) is 4.28. The zero-order chi connectivity index (χ0) is 17.7. The van der Waals surface area contributed by atoms with E-state index in [9.17, 15) is 4.79 Å². The summed E-state index contributed by atoms with van der Waals surface area (Å²) in [6, 6.07) is 13.7. The lowest BCUT2D eigenvalue weighted by molar-refractivity contribution is -0.111. The molecule has 0 radical (unpaired) electrons. The molecule has 2 aromatic carbocycles. The molecule has 3 heteroatoms. The van der Waals surface area contributed by atoms with E-state index in [1.807, 2.05) is 24.3 Å². The predicted octanol–water partition coefficient (Wildman–Crippen LogP) is 6.24. The normalized spacial score (nSPS) is 11.5. The number of halogens is 1. The molecule has 0 aliphatic carbocycles. The van der Waals surface area contributed by atoms with Gasteiger partial charge in [0.2, 0.25) is 5.91 Å². The second-order valence-electron chi connectivity index (χ2n) is 6.46. The first-order chi connectivity index (χ1) is 11.4. The van der Waals surface area contributed by atoms with Gasteiger partial charge in [-0.25, -0.2) is 0 Å². The number of para-hydroxylation sites is 1. The highest BCUT2D eigenvalue weighted by Crippen LogP contribution is 2.32. The summed E-state index contributed by atoms with van der Waals surface area (Å²) in [6.07, 6.45) is 3.27. The smallest absolute Gasteiger partial charge is 0.248 e. The van der Waals surface area contributed by atoms with Crippen LogP contribution in [0, 0.1) is 0 Å². The molecule has 2 aromatic rings. The fourth-order valence-corrected chi connectivity index (χ4v) is 2.83. The Balaban J connectivity index is 2.27. The molecule has 0 atom stereocenters. The SMILES string of the molecule is CC(C)c1cccc(C(C)C)c1NC(=O)/C=C/c1ccccc1Cl. The average molecular weight is 342 g/mol. The lowest BCUT2D eigenvalue weighted by Crippen LogP contribution is -2.13. The van der Waals surface area contributed by atoms with E-state index < -0.39 is 0 Å². The topological polar surface area (TPSA) is 29.1 Å². The molecule has 0 bridgehead atoms. The summed E-state index contributed by atoms with van der Waals surface area (Å²) in [4.78, 5) is 12.4. The van der Waals surface area contributed by atoms with E-state index in [4.69, 9.17) is 11.6 Å². The Morgan fingerprint density at radius 3 is 2.08 bits per heavy atom. The second-order valence-corrected chi connectivity index (χ2v) is 6.87. The lowest BCUT2D eigenvalue weighted by atomic mass is 9.92.